The summed E-state index contributed by atoms with van der Waals surface area (Å²) >= 11 is 0. The first kappa shape index (κ1) is 20.3. The van der Waals surface area contributed by atoms with Crippen LogP contribution in [0.15, 0.2) is 48.5 Å². The standard InChI is InChI=1S/C21H25NO5/c1-14(2)13-26-19-9-5-16(6-10-19)21(24)27-15(3)20(23)22-17-7-11-18(25-4)12-8-17/h5-12,14-15H,13H2,1-4H3,(H,22,23)/t15-/m1/s1. The number of esters is 1. The van der Waals surface area contributed by atoms with Crippen molar-refractivity contribution in [3.05, 3.63) is 54.1 Å². The molecule has 0 aliphatic heterocycles. The van der Waals surface area contributed by atoms with E-state index in [9.17, 15) is 9.59 Å². The number of hydrogen-bond donors (Lipinski definition) is 1. The Labute approximate surface area is 159 Å². The van der Waals surface area contributed by atoms with E-state index in [1.54, 1.807) is 55.6 Å². The number of ether oxygens (including phenoxy) is 3. The lowest BCUT2D eigenvalue weighted by atomic mass is 10.2. The van der Waals surface area contributed by atoms with E-state index in [0.29, 0.717) is 35.3 Å². The van der Waals surface area contributed by atoms with Crippen LogP contribution in [0, 0.1) is 5.92 Å². The van der Waals surface area contributed by atoms with E-state index in [2.05, 4.69) is 19.2 Å². The molecular weight excluding hydrogens is 346 g/mol. The van der Waals surface area contributed by atoms with Crippen molar-refractivity contribution < 1.29 is 23.8 Å². The highest BCUT2D eigenvalue weighted by molar-refractivity contribution is 5.97. The molecule has 0 aromatic heterocycles. The van der Waals surface area contributed by atoms with Gasteiger partial charge in [0.2, 0.25) is 0 Å². The molecule has 0 spiro atoms. The predicted molar refractivity (Wildman–Crippen MR) is 103 cm³/mol. The van der Waals surface area contributed by atoms with Crippen LogP contribution in [-0.4, -0.2) is 31.7 Å². The monoisotopic (exact) mass is 371 g/mol. The minimum atomic E-state index is -0.934. The van der Waals surface area contributed by atoms with Crippen molar-refractivity contribution >= 4 is 17.6 Å². The van der Waals surface area contributed by atoms with Crippen molar-refractivity contribution in [2.75, 3.05) is 19.0 Å². The van der Waals surface area contributed by atoms with E-state index in [1.807, 2.05) is 0 Å². The zero-order valence-electron chi connectivity index (χ0n) is 16.0. The number of anilines is 1. The van der Waals surface area contributed by atoms with Crippen molar-refractivity contribution in [2.24, 2.45) is 5.92 Å². The molecule has 0 bridgehead atoms. The number of hydrogen-bond acceptors (Lipinski definition) is 5. The van der Waals surface area contributed by atoms with Crippen LogP contribution in [-0.2, 0) is 9.53 Å². The largest absolute Gasteiger partial charge is 0.497 e. The number of amides is 1. The van der Waals surface area contributed by atoms with E-state index in [1.165, 1.54) is 6.92 Å². The number of nitrogens with one attached hydrogen (secondary N) is 1. The summed E-state index contributed by atoms with van der Waals surface area (Å²) in [5.74, 6) is 0.812. The smallest absolute Gasteiger partial charge is 0.338 e. The molecule has 6 nitrogen and oxygen atoms in total. The molecule has 0 aliphatic carbocycles. The number of rotatable bonds is 8. The van der Waals surface area contributed by atoms with Gasteiger partial charge in [0.25, 0.3) is 5.91 Å². The Balaban J connectivity index is 1.88. The molecule has 0 saturated heterocycles. The third-order valence-corrected chi connectivity index (χ3v) is 3.68. The van der Waals surface area contributed by atoms with Crippen LogP contribution in [0.1, 0.15) is 31.1 Å². The highest BCUT2D eigenvalue weighted by Crippen LogP contribution is 2.17. The molecule has 0 fully saturated rings. The number of benzene rings is 2. The molecule has 0 aliphatic rings. The topological polar surface area (TPSA) is 73.9 Å². The van der Waals surface area contributed by atoms with Gasteiger partial charge in [-0.05, 0) is 61.4 Å². The molecule has 2 aromatic rings. The summed E-state index contributed by atoms with van der Waals surface area (Å²) in [4.78, 5) is 24.4. The van der Waals surface area contributed by atoms with Gasteiger partial charge in [0.15, 0.2) is 6.10 Å². The van der Waals surface area contributed by atoms with Gasteiger partial charge in [0, 0.05) is 5.69 Å². The molecule has 1 N–H and O–H groups in total. The zero-order chi connectivity index (χ0) is 19.8. The number of methoxy groups -OCH3 is 1. The second-order valence-corrected chi connectivity index (χ2v) is 6.49. The Hall–Kier alpha value is -3.02. The molecule has 27 heavy (non-hydrogen) atoms. The summed E-state index contributed by atoms with van der Waals surface area (Å²) < 4.78 is 15.9. The van der Waals surface area contributed by atoms with Crippen molar-refractivity contribution in [3.8, 4) is 11.5 Å². The van der Waals surface area contributed by atoms with Gasteiger partial charge >= 0.3 is 5.97 Å². The molecule has 0 heterocycles. The highest BCUT2D eigenvalue weighted by Gasteiger charge is 2.19. The summed E-state index contributed by atoms with van der Waals surface area (Å²) in [7, 11) is 1.57. The predicted octanol–water partition coefficient (Wildman–Crippen LogP) is 3.91. The molecule has 2 aromatic carbocycles. The van der Waals surface area contributed by atoms with Crippen molar-refractivity contribution in [3.63, 3.8) is 0 Å². The Kier molecular flexibility index (Phi) is 7.23. The number of carbonyl (C=O) groups excluding carboxylic acids is 2. The lowest BCUT2D eigenvalue weighted by Gasteiger charge is -2.14. The van der Waals surface area contributed by atoms with E-state index in [0.717, 1.165) is 0 Å². The van der Waals surface area contributed by atoms with E-state index in [-0.39, 0.29) is 0 Å². The average molecular weight is 371 g/mol. The minimum Gasteiger partial charge on any atom is -0.497 e. The normalized spacial score (nSPS) is 11.6. The maximum Gasteiger partial charge on any atom is 0.338 e. The quantitative estimate of drug-likeness (QED) is 0.712. The van der Waals surface area contributed by atoms with E-state index in [4.69, 9.17) is 14.2 Å². The van der Waals surface area contributed by atoms with E-state index < -0.39 is 18.0 Å². The summed E-state index contributed by atoms with van der Waals surface area (Å²) in [6, 6.07) is 13.5. The van der Waals surface area contributed by atoms with Crippen LogP contribution < -0.4 is 14.8 Å². The van der Waals surface area contributed by atoms with E-state index >= 15 is 0 Å². The number of carbonyl (C=O) groups is 2. The maximum atomic E-state index is 12.2. The molecule has 6 heteroatoms. The van der Waals surface area contributed by atoms with Crippen LogP contribution >= 0.6 is 0 Å². The third kappa shape index (κ3) is 6.33. The van der Waals surface area contributed by atoms with Gasteiger partial charge in [-0.15, -0.1) is 0 Å². The maximum absolute atomic E-state index is 12.2. The lowest BCUT2D eigenvalue weighted by molar-refractivity contribution is -0.123. The van der Waals surface area contributed by atoms with Gasteiger partial charge in [0.05, 0.1) is 19.3 Å². The first-order valence-electron chi connectivity index (χ1n) is 8.77. The van der Waals surface area contributed by atoms with Crippen LogP contribution in [0.2, 0.25) is 0 Å². The molecule has 0 unspecified atom stereocenters. The van der Waals surface area contributed by atoms with Gasteiger partial charge < -0.3 is 19.5 Å². The summed E-state index contributed by atoms with van der Waals surface area (Å²) in [5.41, 5.74) is 0.950. The zero-order valence-corrected chi connectivity index (χ0v) is 16.0. The molecule has 0 radical (unpaired) electrons. The first-order valence-corrected chi connectivity index (χ1v) is 8.77. The van der Waals surface area contributed by atoms with Crippen molar-refractivity contribution in [1.29, 1.82) is 0 Å². The van der Waals surface area contributed by atoms with Crippen LogP contribution in [0.25, 0.3) is 0 Å². The fraction of sp³-hybridized carbons (Fsp3) is 0.333. The van der Waals surface area contributed by atoms with Crippen LogP contribution in [0.3, 0.4) is 0 Å². The first-order chi connectivity index (χ1) is 12.9. The fourth-order valence-corrected chi connectivity index (χ4v) is 2.15. The molecule has 0 saturated carbocycles. The second kappa shape index (κ2) is 9.62. The Morgan fingerprint density at radius 1 is 0.926 bits per heavy atom. The molecule has 1 atom stereocenters. The summed E-state index contributed by atoms with van der Waals surface area (Å²) in [6.07, 6.45) is -0.934. The van der Waals surface area contributed by atoms with Crippen molar-refractivity contribution in [1.82, 2.24) is 0 Å². The Bertz CT molecular complexity index is 753. The molecule has 1 amide bonds. The van der Waals surface area contributed by atoms with Crippen molar-refractivity contribution in [2.45, 2.75) is 26.9 Å². The van der Waals surface area contributed by atoms with Gasteiger partial charge in [0.1, 0.15) is 11.5 Å². The lowest BCUT2D eigenvalue weighted by Crippen LogP contribution is -2.30. The van der Waals surface area contributed by atoms with Crippen LogP contribution in [0.4, 0.5) is 5.69 Å². The highest BCUT2D eigenvalue weighted by atomic mass is 16.5. The van der Waals surface area contributed by atoms with Gasteiger partial charge in [-0.3, -0.25) is 4.79 Å². The molecule has 2 rings (SSSR count). The minimum absolute atomic E-state index is 0.357. The van der Waals surface area contributed by atoms with Crippen LogP contribution in [0.5, 0.6) is 11.5 Å². The van der Waals surface area contributed by atoms with Gasteiger partial charge in [-0.2, -0.15) is 0 Å². The Morgan fingerprint density at radius 3 is 2.07 bits per heavy atom. The van der Waals surface area contributed by atoms with Gasteiger partial charge in [-0.25, -0.2) is 4.79 Å². The summed E-state index contributed by atoms with van der Waals surface area (Å²) in [6.45, 7) is 6.25. The van der Waals surface area contributed by atoms with Gasteiger partial charge in [-0.1, -0.05) is 13.8 Å². The average Bonchev–Trinajstić information content (AvgIpc) is 2.67. The third-order valence-electron chi connectivity index (χ3n) is 3.68. The molecule has 144 valence electrons. The SMILES string of the molecule is COc1ccc(NC(=O)[C@@H](C)OC(=O)c2ccc(OCC(C)C)cc2)cc1. The molecular formula is C21H25NO5. The summed E-state index contributed by atoms with van der Waals surface area (Å²) in [5, 5.41) is 2.69. The second-order valence-electron chi connectivity index (χ2n) is 6.49. The Morgan fingerprint density at radius 2 is 1.52 bits per heavy atom. The fourth-order valence-electron chi connectivity index (χ4n) is 2.15.